The first-order valence-corrected chi connectivity index (χ1v) is 11.5. The summed E-state index contributed by atoms with van der Waals surface area (Å²) in [6.45, 7) is 6.50. The molecule has 35 heavy (non-hydrogen) atoms. The molecule has 4 amide bonds. The topological polar surface area (TPSA) is 98.7 Å². The smallest absolute Gasteiger partial charge is 0.319 e. The number of nitrogens with zero attached hydrogens (tertiary/aromatic N) is 1. The summed E-state index contributed by atoms with van der Waals surface area (Å²) >= 11 is 0. The van der Waals surface area contributed by atoms with E-state index in [1.54, 1.807) is 17.6 Å². The second-order valence-electron chi connectivity index (χ2n) is 9.85. The van der Waals surface area contributed by atoms with Gasteiger partial charge in [0.05, 0.1) is 6.54 Å². The monoisotopic (exact) mass is 471 g/mol. The van der Waals surface area contributed by atoms with Crippen LogP contribution in [0.5, 0.6) is 0 Å². The van der Waals surface area contributed by atoms with Crippen molar-refractivity contribution in [1.29, 1.82) is 0 Å². The van der Waals surface area contributed by atoms with Crippen molar-refractivity contribution in [2.75, 3.05) is 0 Å². The van der Waals surface area contributed by atoms with Crippen molar-refractivity contribution < 1.29 is 19.6 Å². The number of carbonyl (C=O) groups excluding carboxylic acids is 3. The lowest BCUT2D eigenvalue weighted by atomic mass is 9.82. The van der Waals surface area contributed by atoms with Crippen molar-refractivity contribution in [3.63, 3.8) is 0 Å². The predicted octanol–water partition coefficient (Wildman–Crippen LogP) is 4.29. The Morgan fingerprint density at radius 2 is 1.51 bits per heavy atom. The number of amides is 4. The van der Waals surface area contributed by atoms with Gasteiger partial charge in [-0.3, -0.25) is 19.7 Å². The van der Waals surface area contributed by atoms with Crippen LogP contribution >= 0.6 is 0 Å². The molecule has 0 spiro atoms. The van der Waals surface area contributed by atoms with Crippen LogP contribution < -0.4 is 10.8 Å². The quantitative estimate of drug-likeness (QED) is 0.284. The second-order valence-corrected chi connectivity index (χ2v) is 9.85. The Labute approximate surface area is 204 Å². The highest BCUT2D eigenvalue weighted by Gasteiger charge is 2.52. The van der Waals surface area contributed by atoms with E-state index in [2.05, 4.69) is 38.2 Å². The summed E-state index contributed by atoms with van der Waals surface area (Å²) in [4.78, 5) is 39.7. The highest BCUT2D eigenvalue weighted by molar-refractivity contribution is 6.07. The SMILES string of the molecule is CC(C)(C)c1ccc(CC2(c3ccccc3)NC(=O)N(Cc3ccc(C(=O)NO)cc3)C2=O)cc1. The van der Waals surface area contributed by atoms with Gasteiger partial charge in [-0.25, -0.2) is 10.3 Å². The normalized spacial score (nSPS) is 17.9. The highest BCUT2D eigenvalue weighted by atomic mass is 16.5. The molecule has 0 aromatic heterocycles. The summed E-state index contributed by atoms with van der Waals surface area (Å²) < 4.78 is 0. The van der Waals surface area contributed by atoms with Gasteiger partial charge in [0.1, 0.15) is 0 Å². The minimum atomic E-state index is -1.22. The van der Waals surface area contributed by atoms with Crippen LogP contribution in [0.15, 0.2) is 78.9 Å². The molecule has 3 aromatic carbocycles. The van der Waals surface area contributed by atoms with Gasteiger partial charge in [-0.15, -0.1) is 0 Å². The summed E-state index contributed by atoms with van der Waals surface area (Å²) in [7, 11) is 0. The molecule has 1 fully saturated rings. The van der Waals surface area contributed by atoms with E-state index in [-0.39, 0.29) is 23.4 Å². The first-order valence-electron chi connectivity index (χ1n) is 11.5. The molecular weight excluding hydrogens is 442 g/mol. The van der Waals surface area contributed by atoms with Crippen LogP contribution in [0.25, 0.3) is 0 Å². The van der Waals surface area contributed by atoms with Gasteiger partial charge in [0.2, 0.25) is 0 Å². The molecule has 0 bridgehead atoms. The van der Waals surface area contributed by atoms with Crippen molar-refractivity contribution in [2.24, 2.45) is 0 Å². The zero-order chi connectivity index (χ0) is 25.2. The van der Waals surface area contributed by atoms with E-state index in [0.717, 1.165) is 11.1 Å². The number of rotatable bonds is 6. The first-order chi connectivity index (χ1) is 16.6. The van der Waals surface area contributed by atoms with Crippen molar-refractivity contribution in [1.82, 2.24) is 15.7 Å². The van der Waals surface area contributed by atoms with E-state index < -0.39 is 17.5 Å². The average molecular weight is 472 g/mol. The van der Waals surface area contributed by atoms with E-state index in [0.29, 0.717) is 12.0 Å². The minimum Gasteiger partial charge on any atom is -0.319 e. The number of carbonyl (C=O) groups is 3. The Hall–Kier alpha value is -3.97. The van der Waals surface area contributed by atoms with Gasteiger partial charge in [-0.1, -0.05) is 87.5 Å². The molecule has 7 nitrogen and oxygen atoms in total. The Morgan fingerprint density at radius 1 is 0.914 bits per heavy atom. The molecule has 1 saturated heterocycles. The third kappa shape index (κ3) is 4.81. The van der Waals surface area contributed by atoms with E-state index in [9.17, 15) is 14.4 Å². The lowest BCUT2D eigenvalue weighted by molar-refractivity contribution is -0.132. The Balaban J connectivity index is 1.65. The summed E-state index contributed by atoms with van der Waals surface area (Å²) in [5.74, 6) is -0.960. The largest absolute Gasteiger partial charge is 0.325 e. The second kappa shape index (κ2) is 9.35. The average Bonchev–Trinajstić information content (AvgIpc) is 3.09. The molecule has 3 aromatic rings. The molecule has 3 N–H and O–H groups in total. The highest BCUT2D eigenvalue weighted by Crippen LogP contribution is 2.34. The molecular formula is C28H29N3O4. The molecule has 4 rings (SSSR count). The number of hydroxylamine groups is 1. The zero-order valence-corrected chi connectivity index (χ0v) is 20.0. The molecule has 0 saturated carbocycles. The maximum atomic E-state index is 13.8. The third-order valence-corrected chi connectivity index (χ3v) is 6.39. The maximum Gasteiger partial charge on any atom is 0.325 e. The fourth-order valence-corrected chi connectivity index (χ4v) is 4.35. The number of hydrogen-bond acceptors (Lipinski definition) is 4. The first kappa shape index (κ1) is 24.2. The van der Waals surface area contributed by atoms with Crippen LogP contribution in [0.3, 0.4) is 0 Å². The van der Waals surface area contributed by atoms with E-state index in [1.807, 2.05) is 42.5 Å². The minimum absolute atomic E-state index is 0.0112. The van der Waals surface area contributed by atoms with Gasteiger partial charge in [0.25, 0.3) is 11.8 Å². The van der Waals surface area contributed by atoms with E-state index in [1.165, 1.54) is 22.6 Å². The van der Waals surface area contributed by atoms with Gasteiger partial charge in [0.15, 0.2) is 5.54 Å². The molecule has 0 radical (unpaired) electrons. The molecule has 1 aliphatic heterocycles. The maximum absolute atomic E-state index is 13.8. The molecule has 1 unspecified atom stereocenters. The summed E-state index contributed by atoms with van der Waals surface area (Å²) in [6, 6.07) is 23.3. The molecule has 1 heterocycles. The van der Waals surface area contributed by atoms with Crippen LogP contribution in [0.1, 0.15) is 53.4 Å². The van der Waals surface area contributed by atoms with Crippen LogP contribution in [0, 0.1) is 0 Å². The fourth-order valence-electron chi connectivity index (χ4n) is 4.35. The molecule has 0 aliphatic carbocycles. The zero-order valence-electron chi connectivity index (χ0n) is 20.0. The summed E-state index contributed by atoms with van der Waals surface area (Å²) in [6.07, 6.45) is 0.318. The van der Waals surface area contributed by atoms with Gasteiger partial charge < -0.3 is 5.32 Å². The summed E-state index contributed by atoms with van der Waals surface area (Å²) in [5, 5.41) is 11.8. The third-order valence-electron chi connectivity index (χ3n) is 6.39. The lowest BCUT2D eigenvalue weighted by Gasteiger charge is -2.28. The fraction of sp³-hybridized carbons (Fsp3) is 0.250. The Bertz CT molecular complexity index is 1230. The van der Waals surface area contributed by atoms with Gasteiger partial charge in [0, 0.05) is 12.0 Å². The number of urea groups is 1. The standard InChI is InChI=1S/C28H29N3O4/c1-27(2,3)22-15-11-19(12-16-22)17-28(23-7-5-4-6-8-23)25(33)31(26(34)29-28)18-20-9-13-21(14-10-20)24(32)30-35/h4-16,35H,17-18H2,1-3H3,(H,29,34)(H,30,32). The van der Waals surface area contributed by atoms with Gasteiger partial charge in [-0.2, -0.15) is 0 Å². The lowest BCUT2D eigenvalue weighted by Crippen LogP contribution is -2.46. The van der Waals surface area contributed by atoms with Gasteiger partial charge in [-0.05, 0) is 39.8 Å². The van der Waals surface area contributed by atoms with Crippen LogP contribution in [-0.4, -0.2) is 28.0 Å². The number of hydrogen-bond donors (Lipinski definition) is 3. The van der Waals surface area contributed by atoms with Crippen molar-refractivity contribution in [3.8, 4) is 0 Å². The molecule has 1 atom stereocenters. The Morgan fingerprint density at radius 3 is 2.09 bits per heavy atom. The molecule has 7 heteroatoms. The number of imide groups is 1. The Kier molecular flexibility index (Phi) is 6.45. The van der Waals surface area contributed by atoms with Crippen LogP contribution in [0.2, 0.25) is 0 Å². The number of nitrogens with one attached hydrogen (secondary N) is 2. The van der Waals surface area contributed by atoms with E-state index >= 15 is 0 Å². The summed E-state index contributed by atoms with van der Waals surface area (Å²) in [5.41, 5.74) is 4.17. The number of benzene rings is 3. The molecule has 180 valence electrons. The van der Waals surface area contributed by atoms with Gasteiger partial charge >= 0.3 is 6.03 Å². The van der Waals surface area contributed by atoms with Crippen LogP contribution in [0.4, 0.5) is 4.79 Å². The molecule has 1 aliphatic rings. The van der Waals surface area contributed by atoms with Crippen molar-refractivity contribution in [3.05, 3.63) is 107 Å². The van der Waals surface area contributed by atoms with Crippen molar-refractivity contribution in [2.45, 2.75) is 44.7 Å². The van der Waals surface area contributed by atoms with E-state index in [4.69, 9.17) is 5.21 Å². The van der Waals surface area contributed by atoms with Crippen molar-refractivity contribution >= 4 is 17.8 Å². The van der Waals surface area contributed by atoms with Crippen LogP contribution in [-0.2, 0) is 28.7 Å². The predicted molar refractivity (Wildman–Crippen MR) is 132 cm³/mol.